The number of carbonyl (C=O) groups excluding carboxylic acids is 2. The van der Waals surface area contributed by atoms with E-state index in [0.717, 1.165) is 42.8 Å². The number of halogens is 1. The number of methoxy groups -OCH3 is 1. The molecule has 9 nitrogen and oxygen atoms in total. The Morgan fingerprint density at radius 2 is 2.00 bits per heavy atom. The maximum atomic E-state index is 14.8. The lowest BCUT2D eigenvalue weighted by Crippen LogP contribution is -2.49. The van der Waals surface area contributed by atoms with E-state index < -0.39 is 33.2 Å². The molecule has 1 fully saturated rings. The summed E-state index contributed by atoms with van der Waals surface area (Å²) in [5, 5.41) is 0.719. The molecule has 1 spiro atoms. The van der Waals surface area contributed by atoms with Crippen LogP contribution in [0.5, 0.6) is 5.75 Å². The number of nitrogens with zero attached hydrogens (tertiary/aromatic N) is 2. The number of benzene rings is 2. The van der Waals surface area contributed by atoms with E-state index in [1.165, 1.54) is 17.2 Å². The average Bonchev–Trinajstić information content (AvgIpc) is 3.21. The topological polar surface area (TPSA) is 107 Å². The number of aryl methyl sites for hydroxylation is 1. The smallest absolute Gasteiger partial charge is 0.287 e. The van der Waals surface area contributed by atoms with E-state index in [1.54, 1.807) is 53.0 Å². The van der Waals surface area contributed by atoms with Crippen molar-refractivity contribution in [3.63, 3.8) is 0 Å². The van der Waals surface area contributed by atoms with Gasteiger partial charge >= 0.3 is 0 Å². The van der Waals surface area contributed by atoms with Crippen LogP contribution < -0.4 is 14.4 Å². The molecule has 1 unspecified atom stereocenters. The van der Waals surface area contributed by atoms with Gasteiger partial charge in [0, 0.05) is 36.6 Å². The highest BCUT2D eigenvalue weighted by molar-refractivity contribution is 7.92. The van der Waals surface area contributed by atoms with Gasteiger partial charge in [0.15, 0.2) is 9.92 Å². The molecular weight excluding hydrogens is 662 g/mol. The zero-order valence-electron chi connectivity index (χ0n) is 29.3. The molecule has 5 atom stereocenters. The first-order valence-electron chi connectivity index (χ1n) is 17.1. The van der Waals surface area contributed by atoms with Crippen molar-refractivity contribution < 1.29 is 28.0 Å². The molecule has 0 saturated heterocycles. The summed E-state index contributed by atoms with van der Waals surface area (Å²) in [4.78, 5) is 29.1. The predicted octanol–water partition coefficient (Wildman–Crippen LogP) is 7.06. The van der Waals surface area contributed by atoms with Gasteiger partial charge in [-0.2, -0.15) is 0 Å². The van der Waals surface area contributed by atoms with Crippen LogP contribution >= 0.6 is 11.6 Å². The van der Waals surface area contributed by atoms with Crippen molar-refractivity contribution >= 4 is 39.0 Å². The van der Waals surface area contributed by atoms with E-state index in [9.17, 15) is 13.8 Å². The minimum Gasteiger partial charge on any atom is -0.490 e. The van der Waals surface area contributed by atoms with Gasteiger partial charge in [0.2, 0.25) is 5.91 Å². The fourth-order valence-electron chi connectivity index (χ4n) is 7.19. The summed E-state index contributed by atoms with van der Waals surface area (Å²) in [6, 6.07) is 11.3. The molecule has 3 aliphatic rings. The van der Waals surface area contributed by atoms with Crippen molar-refractivity contribution in [1.29, 1.82) is 0 Å². The standard InChI is InChI=1S/C38H50ClN3O6S/c1-8-19-48-37(5,6)36(44)41-49(45,40-35(43)25(3)4)29-14-17-34-32(21-29)42(22-27-12-15-30(27)33(9-2)46-7)23-38(24-47-34)18-10-11-26-20-28(39)13-16-31(26)38/h8-9,13-14,16-17,20-21,25,27,30,33H,1-2,10-12,15,18-19,22-24H2,3-7H3,(H,40,41,43,44,45)/t27-,30+,33-,38-,49?/m0/s1. The number of fused-ring (bicyclic) bond motifs is 3. The van der Waals surface area contributed by atoms with Crippen molar-refractivity contribution in [1.82, 2.24) is 4.72 Å². The van der Waals surface area contributed by atoms with Gasteiger partial charge in [0.25, 0.3) is 5.91 Å². The molecule has 2 aromatic carbocycles. The lowest BCUT2D eigenvalue weighted by Gasteiger charge is -2.46. The molecule has 1 aliphatic heterocycles. The maximum Gasteiger partial charge on any atom is 0.287 e. The molecule has 1 N–H and O–H groups in total. The predicted molar refractivity (Wildman–Crippen MR) is 194 cm³/mol. The molecule has 0 bridgehead atoms. The molecule has 11 heteroatoms. The zero-order valence-corrected chi connectivity index (χ0v) is 30.9. The second kappa shape index (κ2) is 15.0. The molecule has 0 radical (unpaired) electrons. The van der Waals surface area contributed by atoms with Crippen LogP contribution in [0.4, 0.5) is 5.69 Å². The summed E-state index contributed by atoms with van der Waals surface area (Å²) >= 11 is 6.45. The van der Waals surface area contributed by atoms with Crippen LogP contribution in [0.25, 0.3) is 0 Å². The highest BCUT2D eigenvalue weighted by Crippen LogP contribution is 2.47. The Labute approximate surface area is 296 Å². The number of carbonyl (C=O) groups is 2. The number of anilines is 1. The van der Waals surface area contributed by atoms with E-state index in [-0.39, 0.29) is 23.0 Å². The Hall–Kier alpha value is -3.18. The molecule has 2 aliphatic carbocycles. The van der Waals surface area contributed by atoms with Gasteiger partial charge in [-0.15, -0.1) is 17.5 Å². The first-order chi connectivity index (χ1) is 23.3. The van der Waals surface area contributed by atoms with Crippen LogP contribution in [0, 0.1) is 17.8 Å². The minimum absolute atomic E-state index is 0.0549. The van der Waals surface area contributed by atoms with Crippen LogP contribution in [-0.4, -0.2) is 61.1 Å². The Kier molecular flexibility index (Phi) is 11.3. The average molecular weight is 712 g/mol. The third-order valence-corrected chi connectivity index (χ3v) is 12.3. The van der Waals surface area contributed by atoms with E-state index in [0.29, 0.717) is 37.3 Å². The van der Waals surface area contributed by atoms with Gasteiger partial charge in [0.1, 0.15) is 11.4 Å². The summed E-state index contributed by atoms with van der Waals surface area (Å²) in [6.07, 6.45) is 8.31. The Morgan fingerprint density at radius 1 is 1.22 bits per heavy atom. The molecule has 266 valence electrons. The van der Waals surface area contributed by atoms with Gasteiger partial charge in [0.05, 0.1) is 29.9 Å². The summed E-state index contributed by atoms with van der Waals surface area (Å²) in [5.41, 5.74) is 1.51. The highest BCUT2D eigenvalue weighted by Gasteiger charge is 2.44. The summed E-state index contributed by atoms with van der Waals surface area (Å²) in [6.45, 7) is 16.1. The van der Waals surface area contributed by atoms with E-state index in [1.807, 2.05) is 12.1 Å². The minimum atomic E-state index is -3.79. The van der Waals surface area contributed by atoms with Crippen LogP contribution in [-0.2, 0) is 40.8 Å². The molecule has 49 heavy (non-hydrogen) atoms. The fraction of sp³-hybridized carbons (Fsp3) is 0.526. The number of amides is 2. The quantitative estimate of drug-likeness (QED) is 0.235. The molecule has 1 saturated carbocycles. The van der Waals surface area contributed by atoms with Crippen molar-refractivity contribution in [2.75, 3.05) is 38.3 Å². The second-order valence-electron chi connectivity index (χ2n) is 14.3. The van der Waals surface area contributed by atoms with E-state index in [4.69, 9.17) is 25.8 Å². The van der Waals surface area contributed by atoms with Crippen LogP contribution in [0.15, 0.2) is 71.0 Å². The molecule has 1 heterocycles. The Bertz CT molecular complexity index is 1720. The van der Waals surface area contributed by atoms with Gasteiger partial charge in [-0.05, 0) is 99.2 Å². The van der Waals surface area contributed by atoms with Crippen molar-refractivity contribution in [3.8, 4) is 5.75 Å². The summed E-state index contributed by atoms with van der Waals surface area (Å²) < 4.78 is 39.7. The van der Waals surface area contributed by atoms with Crippen LogP contribution in [0.2, 0.25) is 5.02 Å². The van der Waals surface area contributed by atoms with E-state index in [2.05, 4.69) is 39.3 Å². The first kappa shape index (κ1) is 37.1. The summed E-state index contributed by atoms with van der Waals surface area (Å²) in [5.74, 6) is -0.463. The highest BCUT2D eigenvalue weighted by atomic mass is 35.5. The lowest BCUT2D eigenvalue weighted by atomic mass is 9.68. The van der Waals surface area contributed by atoms with Crippen LogP contribution in [0.3, 0.4) is 0 Å². The molecule has 2 amide bonds. The third-order valence-electron chi connectivity index (χ3n) is 10.2. The molecular formula is C38H50ClN3O6S. The Balaban J connectivity index is 1.62. The third kappa shape index (κ3) is 7.77. The van der Waals surface area contributed by atoms with Crippen LogP contribution in [0.1, 0.15) is 64.5 Å². The lowest BCUT2D eigenvalue weighted by molar-refractivity contribution is -0.137. The number of rotatable bonds is 12. The normalized spacial score (nSPS) is 23.5. The number of nitrogens with one attached hydrogen (secondary N) is 1. The van der Waals surface area contributed by atoms with Gasteiger partial charge in [-0.1, -0.05) is 43.7 Å². The molecule has 0 aromatic heterocycles. The van der Waals surface area contributed by atoms with Crippen molar-refractivity contribution in [2.45, 2.75) is 81.8 Å². The van der Waals surface area contributed by atoms with Crippen molar-refractivity contribution in [3.05, 3.63) is 77.9 Å². The Morgan fingerprint density at radius 3 is 2.65 bits per heavy atom. The number of hydrogen-bond acceptors (Lipinski definition) is 7. The van der Waals surface area contributed by atoms with Gasteiger partial charge in [-0.25, -0.2) is 4.21 Å². The zero-order chi connectivity index (χ0) is 35.6. The largest absolute Gasteiger partial charge is 0.490 e. The maximum absolute atomic E-state index is 14.8. The van der Waals surface area contributed by atoms with Crippen molar-refractivity contribution in [2.24, 2.45) is 22.1 Å². The molecule has 2 aromatic rings. The number of hydrogen-bond donors (Lipinski definition) is 1. The fourth-order valence-corrected chi connectivity index (χ4v) is 9.14. The van der Waals surface area contributed by atoms with Gasteiger partial charge in [-0.3, -0.25) is 14.3 Å². The monoisotopic (exact) mass is 711 g/mol. The summed E-state index contributed by atoms with van der Waals surface area (Å²) in [7, 11) is -2.07. The van der Waals surface area contributed by atoms with Gasteiger partial charge < -0.3 is 19.1 Å². The molecule has 5 rings (SSSR count). The number of ether oxygens (including phenoxy) is 3. The second-order valence-corrected chi connectivity index (χ2v) is 16.7. The SMILES string of the molecule is C=CCOC(C)(C)C(=O)N=S(=O)(NC(=O)C(C)C)c1ccc2c(c1)N(C[C@@H]1CC[C@H]1[C@H](C=C)OC)C[C@@]1(CCCc3cc(Cl)ccc31)CO2. The first-order valence-corrected chi connectivity index (χ1v) is 19.0. The van der Waals surface area contributed by atoms with E-state index >= 15 is 0 Å².